The highest BCUT2D eigenvalue weighted by atomic mass is 32.1. The lowest BCUT2D eigenvalue weighted by atomic mass is 10.2. The largest absolute Gasteiger partial charge is 0.494 e. The molecule has 0 atom stereocenters. The molecule has 2 aromatic heterocycles. The maximum atomic E-state index is 12.8. The smallest absolute Gasteiger partial charge is 0.348 e. The lowest BCUT2D eigenvalue weighted by Crippen LogP contribution is -2.21. The van der Waals surface area contributed by atoms with Crippen LogP contribution in [-0.2, 0) is 11.3 Å². The van der Waals surface area contributed by atoms with Crippen LogP contribution < -0.4 is 10.3 Å². The quantitative estimate of drug-likeness (QED) is 0.419. The van der Waals surface area contributed by atoms with Crippen LogP contribution in [0.15, 0.2) is 41.5 Å². The molecule has 0 unspecified atom stereocenters. The van der Waals surface area contributed by atoms with Crippen molar-refractivity contribution in [2.24, 2.45) is 0 Å². The van der Waals surface area contributed by atoms with Gasteiger partial charge in [-0.3, -0.25) is 9.36 Å². The Hall–Kier alpha value is -2.67. The van der Waals surface area contributed by atoms with Crippen LogP contribution in [0.4, 0.5) is 0 Å². The number of fused-ring (bicyclic) bond motifs is 1. The zero-order valence-corrected chi connectivity index (χ0v) is 17.1. The Bertz CT molecular complexity index is 1010. The van der Waals surface area contributed by atoms with E-state index in [2.05, 4.69) is 4.98 Å². The summed E-state index contributed by atoms with van der Waals surface area (Å²) in [6.07, 6.45) is 2.97. The molecule has 0 aliphatic carbocycles. The first-order chi connectivity index (χ1) is 13.5. The van der Waals surface area contributed by atoms with E-state index in [-0.39, 0.29) is 11.7 Å². The second kappa shape index (κ2) is 9.01. The molecule has 0 radical (unpaired) electrons. The van der Waals surface area contributed by atoms with E-state index in [1.807, 2.05) is 30.3 Å². The number of aryl methyl sites for hydroxylation is 2. The van der Waals surface area contributed by atoms with Gasteiger partial charge in [0.2, 0.25) is 0 Å². The van der Waals surface area contributed by atoms with Crippen molar-refractivity contribution in [3.63, 3.8) is 0 Å². The Labute approximate surface area is 167 Å². The first-order valence-electron chi connectivity index (χ1n) is 9.34. The minimum atomic E-state index is -0.403. The molecule has 0 bridgehead atoms. The summed E-state index contributed by atoms with van der Waals surface area (Å²) in [4.78, 5) is 30.5. The van der Waals surface area contributed by atoms with Crippen molar-refractivity contribution in [2.45, 2.75) is 46.3 Å². The van der Waals surface area contributed by atoms with Gasteiger partial charge in [0.15, 0.2) is 0 Å². The molecular weight excluding hydrogens is 376 g/mol. The maximum absolute atomic E-state index is 12.8. The highest BCUT2D eigenvalue weighted by Gasteiger charge is 2.21. The number of thiophene rings is 1. The van der Waals surface area contributed by atoms with Crippen LogP contribution >= 0.6 is 11.3 Å². The molecular formula is C21H24N2O4S. The third kappa shape index (κ3) is 4.59. The number of hydrogen-bond donors (Lipinski definition) is 0. The van der Waals surface area contributed by atoms with E-state index >= 15 is 0 Å². The van der Waals surface area contributed by atoms with Gasteiger partial charge < -0.3 is 9.47 Å². The second-order valence-corrected chi connectivity index (χ2v) is 7.80. The van der Waals surface area contributed by atoms with Crippen molar-refractivity contribution < 1.29 is 14.3 Å². The lowest BCUT2D eigenvalue weighted by molar-refractivity contribution is 0.0383. The van der Waals surface area contributed by atoms with Gasteiger partial charge in [-0.2, -0.15) is 0 Å². The molecule has 7 heteroatoms. The van der Waals surface area contributed by atoms with Gasteiger partial charge in [-0.25, -0.2) is 9.78 Å². The van der Waals surface area contributed by atoms with Crippen LogP contribution in [0.1, 0.15) is 41.9 Å². The molecule has 0 saturated carbocycles. The molecule has 0 saturated heterocycles. The van der Waals surface area contributed by atoms with Crippen LogP contribution in [-0.4, -0.2) is 28.2 Å². The number of rotatable bonds is 8. The fourth-order valence-electron chi connectivity index (χ4n) is 2.87. The number of para-hydroxylation sites is 1. The summed E-state index contributed by atoms with van der Waals surface area (Å²) in [5.41, 5.74) is 0.524. The number of benzene rings is 1. The van der Waals surface area contributed by atoms with E-state index < -0.39 is 5.97 Å². The van der Waals surface area contributed by atoms with Crippen molar-refractivity contribution >= 4 is 27.5 Å². The van der Waals surface area contributed by atoms with Gasteiger partial charge in [-0.05, 0) is 51.3 Å². The molecule has 3 aromatic rings. The second-order valence-electron chi connectivity index (χ2n) is 6.80. The van der Waals surface area contributed by atoms with Crippen LogP contribution in [0.3, 0.4) is 0 Å². The number of nitrogens with zero attached hydrogens (tertiary/aromatic N) is 2. The Balaban J connectivity index is 1.66. The van der Waals surface area contributed by atoms with Gasteiger partial charge in [0.1, 0.15) is 15.5 Å². The van der Waals surface area contributed by atoms with E-state index in [9.17, 15) is 9.59 Å². The summed E-state index contributed by atoms with van der Waals surface area (Å²) in [6.45, 7) is 6.52. The van der Waals surface area contributed by atoms with Gasteiger partial charge in [-0.15, -0.1) is 11.3 Å². The summed E-state index contributed by atoms with van der Waals surface area (Å²) in [5, 5.41) is 0.503. The van der Waals surface area contributed by atoms with Crippen LogP contribution in [0.5, 0.6) is 5.75 Å². The molecule has 3 rings (SSSR count). The van der Waals surface area contributed by atoms with Crippen molar-refractivity contribution in [1.29, 1.82) is 0 Å². The topological polar surface area (TPSA) is 70.4 Å². The number of carbonyl (C=O) groups excluding carboxylic acids is 1. The molecule has 6 nitrogen and oxygen atoms in total. The molecule has 2 heterocycles. The van der Waals surface area contributed by atoms with Crippen LogP contribution in [0.25, 0.3) is 10.2 Å². The van der Waals surface area contributed by atoms with Crippen molar-refractivity contribution in [3.05, 3.63) is 57.5 Å². The Morgan fingerprint density at radius 3 is 2.68 bits per heavy atom. The van der Waals surface area contributed by atoms with E-state index in [4.69, 9.17) is 9.47 Å². The normalized spacial score (nSPS) is 11.1. The third-order valence-electron chi connectivity index (χ3n) is 4.25. The molecule has 1 aromatic carbocycles. The predicted octanol–water partition coefficient (Wildman–Crippen LogP) is 4.19. The average molecular weight is 401 g/mol. The first-order valence-corrected chi connectivity index (χ1v) is 10.2. The standard InChI is InChI=1S/C21H24N2O4S/c1-14(2)27-21(25)18-15(3)17-19(28-18)22-13-23(20(17)24)11-7-8-12-26-16-9-5-4-6-10-16/h4-6,9-10,13-14H,7-8,11-12H2,1-3H3. The van der Waals surface area contributed by atoms with Gasteiger partial charge in [0.25, 0.3) is 5.56 Å². The highest BCUT2D eigenvalue weighted by Crippen LogP contribution is 2.27. The monoisotopic (exact) mass is 400 g/mol. The van der Waals surface area contributed by atoms with Crippen molar-refractivity contribution in [2.75, 3.05) is 6.61 Å². The molecule has 0 amide bonds. The Morgan fingerprint density at radius 2 is 1.96 bits per heavy atom. The highest BCUT2D eigenvalue weighted by molar-refractivity contribution is 7.20. The first kappa shape index (κ1) is 20.1. The molecule has 28 heavy (non-hydrogen) atoms. The maximum Gasteiger partial charge on any atom is 0.348 e. The van der Waals surface area contributed by atoms with Crippen LogP contribution in [0.2, 0.25) is 0 Å². The fraction of sp³-hybridized carbons (Fsp3) is 0.381. The summed E-state index contributed by atoms with van der Waals surface area (Å²) < 4.78 is 12.5. The summed E-state index contributed by atoms with van der Waals surface area (Å²) >= 11 is 1.21. The van der Waals surface area contributed by atoms with E-state index in [0.717, 1.165) is 18.6 Å². The van der Waals surface area contributed by atoms with Gasteiger partial charge >= 0.3 is 5.97 Å². The molecule has 0 spiro atoms. The predicted molar refractivity (Wildman–Crippen MR) is 110 cm³/mol. The number of carbonyl (C=O) groups is 1. The molecule has 148 valence electrons. The number of hydrogen-bond acceptors (Lipinski definition) is 6. The number of aromatic nitrogens is 2. The number of esters is 1. The van der Waals surface area contributed by atoms with E-state index in [0.29, 0.717) is 33.8 Å². The van der Waals surface area contributed by atoms with Gasteiger partial charge in [0.05, 0.1) is 24.4 Å². The minimum Gasteiger partial charge on any atom is -0.494 e. The lowest BCUT2D eigenvalue weighted by Gasteiger charge is -2.07. The van der Waals surface area contributed by atoms with E-state index in [1.54, 1.807) is 31.7 Å². The molecule has 0 N–H and O–H groups in total. The summed E-state index contributed by atoms with van der Waals surface area (Å²) in [7, 11) is 0. The average Bonchev–Trinajstić information content (AvgIpc) is 3.01. The summed E-state index contributed by atoms with van der Waals surface area (Å²) in [6, 6.07) is 9.66. The fourth-order valence-corrected chi connectivity index (χ4v) is 3.89. The summed E-state index contributed by atoms with van der Waals surface area (Å²) in [5.74, 6) is 0.442. The van der Waals surface area contributed by atoms with Gasteiger partial charge in [-0.1, -0.05) is 18.2 Å². The zero-order chi connectivity index (χ0) is 20.1. The third-order valence-corrected chi connectivity index (χ3v) is 5.43. The van der Waals surface area contributed by atoms with Gasteiger partial charge in [0, 0.05) is 6.54 Å². The number of ether oxygens (including phenoxy) is 2. The van der Waals surface area contributed by atoms with Crippen molar-refractivity contribution in [1.82, 2.24) is 9.55 Å². The molecule has 0 aliphatic rings. The van der Waals surface area contributed by atoms with E-state index in [1.165, 1.54) is 11.3 Å². The SMILES string of the molecule is Cc1c(C(=O)OC(C)C)sc2ncn(CCCCOc3ccccc3)c(=O)c12. The van der Waals surface area contributed by atoms with Crippen LogP contribution in [0, 0.1) is 6.92 Å². The molecule has 0 fully saturated rings. The minimum absolute atomic E-state index is 0.119. The molecule has 0 aliphatic heterocycles. The Kier molecular flexibility index (Phi) is 6.46. The zero-order valence-electron chi connectivity index (χ0n) is 16.3. The Morgan fingerprint density at radius 1 is 1.21 bits per heavy atom. The van der Waals surface area contributed by atoms with Crippen molar-refractivity contribution in [3.8, 4) is 5.75 Å². The number of unbranched alkanes of at least 4 members (excludes halogenated alkanes) is 1.